The topological polar surface area (TPSA) is 43.4 Å². The molecule has 0 radical (unpaired) electrons. The average Bonchev–Trinajstić information content (AvgIpc) is 2.47. The van der Waals surface area contributed by atoms with Gasteiger partial charge in [0.15, 0.2) is 0 Å². The predicted octanol–water partition coefficient (Wildman–Crippen LogP) is 2.53. The summed E-state index contributed by atoms with van der Waals surface area (Å²) in [7, 11) is 0. The molecule has 1 heterocycles. The minimum Gasteiger partial charge on any atom is -0.396 e. The zero-order valence-corrected chi connectivity index (χ0v) is 8.26. The molecule has 0 N–H and O–H groups in total. The third-order valence-corrected chi connectivity index (χ3v) is 2.05. The molecule has 0 aliphatic rings. The molecule has 1 aromatic rings. The second-order valence-corrected chi connectivity index (χ2v) is 3.11. The van der Waals surface area contributed by atoms with Crippen molar-refractivity contribution in [1.29, 1.82) is 0 Å². The first-order chi connectivity index (χ1) is 6.27. The van der Waals surface area contributed by atoms with Gasteiger partial charge in [-0.15, -0.1) is 0 Å². The van der Waals surface area contributed by atoms with E-state index in [9.17, 15) is 4.79 Å². The molecule has 3 nitrogen and oxygen atoms in total. The SMILES string of the molecule is CCCCCc1oc(=O)oc1CC. The van der Waals surface area contributed by atoms with Crippen molar-refractivity contribution in [2.45, 2.75) is 46.0 Å². The molecule has 0 aliphatic heterocycles. The molecule has 0 amide bonds. The highest BCUT2D eigenvalue weighted by Gasteiger charge is 2.09. The van der Waals surface area contributed by atoms with Crippen LogP contribution in [0.5, 0.6) is 0 Å². The van der Waals surface area contributed by atoms with Crippen molar-refractivity contribution < 1.29 is 8.83 Å². The van der Waals surface area contributed by atoms with Gasteiger partial charge in [-0.3, -0.25) is 0 Å². The Balaban J connectivity index is 2.59. The molecular weight excluding hydrogens is 168 g/mol. The molecule has 0 saturated heterocycles. The van der Waals surface area contributed by atoms with Crippen LogP contribution in [-0.2, 0) is 12.8 Å². The first-order valence-corrected chi connectivity index (χ1v) is 4.89. The van der Waals surface area contributed by atoms with Gasteiger partial charge in [0.05, 0.1) is 0 Å². The van der Waals surface area contributed by atoms with E-state index in [4.69, 9.17) is 8.83 Å². The van der Waals surface area contributed by atoms with E-state index in [0.717, 1.165) is 31.4 Å². The molecule has 0 unspecified atom stereocenters. The van der Waals surface area contributed by atoms with Gasteiger partial charge in [0, 0.05) is 12.8 Å². The highest BCUT2D eigenvalue weighted by atomic mass is 16.6. The van der Waals surface area contributed by atoms with E-state index >= 15 is 0 Å². The van der Waals surface area contributed by atoms with Crippen LogP contribution in [0, 0.1) is 0 Å². The number of rotatable bonds is 5. The van der Waals surface area contributed by atoms with Crippen LogP contribution in [0.25, 0.3) is 0 Å². The smallest absolute Gasteiger partial charge is 0.396 e. The summed E-state index contributed by atoms with van der Waals surface area (Å²) in [5.74, 6) is 0.880. The summed E-state index contributed by atoms with van der Waals surface area (Å²) in [5.41, 5.74) is 0. The second kappa shape index (κ2) is 4.90. The van der Waals surface area contributed by atoms with Gasteiger partial charge in [0.25, 0.3) is 0 Å². The first-order valence-electron chi connectivity index (χ1n) is 4.89. The Hall–Kier alpha value is -0.990. The Bertz CT molecular complexity index is 295. The molecule has 0 aliphatic carbocycles. The van der Waals surface area contributed by atoms with Gasteiger partial charge < -0.3 is 8.83 Å². The number of unbranched alkanes of at least 4 members (excludes halogenated alkanes) is 2. The van der Waals surface area contributed by atoms with Crippen molar-refractivity contribution in [1.82, 2.24) is 0 Å². The molecule has 0 aromatic carbocycles. The van der Waals surface area contributed by atoms with Crippen LogP contribution in [0.3, 0.4) is 0 Å². The van der Waals surface area contributed by atoms with Crippen LogP contribution in [0.4, 0.5) is 0 Å². The number of hydrogen-bond acceptors (Lipinski definition) is 3. The van der Waals surface area contributed by atoms with Gasteiger partial charge in [-0.05, 0) is 6.42 Å². The van der Waals surface area contributed by atoms with E-state index in [1.165, 1.54) is 6.42 Å². The van der Waals surface area contributed by atoms with Crippen LogP contribution in [0.15, 0.2) is 13.6 Å². The fourth-order valence-electron chi connectivity index (χ4n) is 1.33. The van der Waals surface area contributed by atoms with Crippen molar-refractivity contribution in [2.75, 3.05) is 0 Å². The van der Waals surface area contributed by atoms with Crippen LogP contribution in [0.1, 0.15) is 44.6 Å². The quantitative estimate of drug-likeness (QED) is 0.660. The molecule has 1 rings (SSSR count). The third kappa shape index (κ3) is 2.76. The fraction of sp³-hybridized carbons (Fsp3) is 0.700. The lowest BCUT2D eigenvalue weighted by Gasteiger charge is -1.95. The van der Waals surface area contributed by atoms with Gasteiger partial charge in [0.1, 0.15) is 11.5 Å². The Morgan fingerprint density at radius 2 is 1.77 bits per heavy atom. The number of aryl methyl sites for hydroxylation is 2. The van der Waals surface area contributed by atoms with Gasteiger partial charge in [-0.25, -0.2) is 4.79 Å². The maximum Gasteiger partial charge on any atom is 0.519 e. The highest BCUT2D eigenvalue weighted by Crippen LogP contribution is 2.11. The van der Waals surface area contributed by atoms with Crippen LogP contribution in [-0.4, -0.2) is 0 Å². The Morgan fingerprint density at radius 3 is 2.38 bits per heavy atom. The molecular formula is C10H16O3. The van der Waals surface area contributed by atoms with Gasteiger partial charge in [-0.2, -0.15) is 0 Å². The minimum absolute atomic E-state index is 0.566. The lowest BCUT2D eigenvalue weighted by atomic mass is 10.1. The molecule has 0 saturated carbocycles. The van der Waals surface area contributed by atoms with Crippen LogP contribution in [0.2, 0.25) is 0 Å². The van der Waals surface area contributed by atoms with E-state index in [-0.39, 0.29) is 0 Å². The normalized spacial score (nSPS) is 10.6. The lowest BCUT2D eigenvalue weighted by Crippen LogP contribution is -1.88. The molecule has 3 heteroatoms. The summed E-state index contributed by atoms with van der Waals surface area (Å²) < 4.78 is 9.80. The van der Waals surface area contributed by atoms with Crippen molar-refractivity contribution in [3.8, 4) is 0 Å². The lowest BCUT2D eigenvalue weighted by molar-refractivity contribution is 0.365. The van der Waals surface area contributed by atoms with E-state index in [2.05, 4.69) is 6.92 Å². The molecule has 0 fully saturated rings. The third-order valence-electron chi connectivity index (χ3n) is 2.05. The van der Waals surface area contributed by atoms with Crippen LogP contribution >= 0.6 is 0 Å². The Kier molecular flexibility index (Phi) is 3.80. The van der Waals surface area contributed by atoms with Gasteiger partial charge in [-0.1, -0.05) is 26.7 Å². The second-order valence-electron chi connectivity index (χ2n) is 3.11. The molecule has 1 aromatic heterocycles. The van der Waals surface area contributed by atoms with E-state index in [1.54, 1.807) is 0 Å². The maximum atomic E-state index is 10.8. The molecule has 0 atom stereocenters. The zero-order chi connectivity index (χ0) is 9.68. The fourth-order valence-corrected chi connectivity index (χ4v) is 1.33. The summed E-state index contributed by atoms with van der Waals surface area (Å²) in [5, 5.41) is 0. The van der Waals surface area contributed by atoms with Crippen molar-refractivity contribution in [3.05, 3.63) is 22.1 Å². The molecule has 13 heavy (non-hydrogen) atoms. The van der Waals surface area contributed by atoms with Crippen molar-refractivity contribution in [3.63, 3.8) is 0 Å². The summed E-state index contributed by atoms with van der Waals surface area (Å²) in [6, 6.07) is 0. The van der Waals surface area contributed by atoms with E-state index in [1.807, 2.05) is 6.92 Å². The van der Waals surface area contributed by atoms with Gasteiger partial charge in [0.2, 0.25) is 0 Å². The predicted molar refractivity (Wildman–Crippen MR) is 49.9 cm³/mol. The minimum atomic E-state index is -0.566. The average molecular weight is 184 g/mol. The van der Waals surface area contributed by atoms with Crippen molar-refractivity contribution >= 4 is 0 Å². The number of hydrogen-bond donors (Lipinski definition) is 0. The Morgan fingerprint density at radius 1 is 1.08 bits per heavy atom. The highest BCUT2D eigenvalue weighted by molar-refractivity contribution is 5.02. The van der Waals surface area contributed by atoms with Crippen LogP contribution < -0.4 is 5.82 Å². The first kappa shape index (κ1) is 10.1. The summed E-state index contributed by atoms with van der Waals surface area (Å²) in [6.45, 7) is 4.10. The summed E-state index contributed by atoms with van der Waals surface area (Å²) in [4.78, 5) is 10.8. The Labute approximate surface area is 77.7 Å². The maximum absolute atomic E-state index is 10.8. The standard InChI is InChI=1S/C10H16O3/c1-3-5-6-7-9-8(4-2)12-10(11)13-9/h3-7H2,1-2H3. The largest absolute Gasteiger partial charge is 0.519 e. The summed E-state index contributed by atoms with van der Waals surface area (Å²) in [6.07, 6.45) is 4.95. The van der Waals surface area contributed by atoms with Crippen molar-refractivity contribution in [2.24, 2.45) is 0 Å². The van der Waals surface area contributed by atoms with E-state index < -0.39 is 5.82 Å². The van der Waals surface area contributed by atoms with Gasteiger partial charge >= 0.3 is 5.82 Å². The monoisotopic (exact) mass is 184 g/mol. The summed E-state index contributed by atoms with van der Waals surface area (Å²) >= 11 is 0. The zero-order valence-electron chi connectivity index (χ0n) is 8.26. The molecule has 0 spiro atoms. The molecule has 74 valence electrons. The van der Waals surface area contributed by atoms with E-state index in [0.29, 0.717) is 5.76 Å². The molecule has 0 bridgehead atoms.